The van der Waals surface area contributed by atoms with Gasteiger partial charge in [0, 0.05) is 4.90 Å². The molecule has 0 radical (unpaired) electrons. The molecule has 4 rings (SSSR count). The Morgan fingerprint density at radius 2 is 1.78 bits per heavy atom. The first-order chi connectivity index (χ1) is 12.9. The monoisotopic (exact) mass is 391 g/mol. The highest BCUT2D eigenvalue weighted by molar-refractivity contribution is 8.00. The predicted molar refractivity (Wildman–Crippen MR) is 95.2 cm³/mol. The van der Waals surface area contributed by atoms with Gasteiger partial charge in [0.05, 0.1) is 12.8 Å². The Balaban J connectivity index is 1.89. The molecule has 0 saturated carbocycles. The van der Waals surface area contributed by atoms with Gasteiger partial charge in [0.1, 0.15) is 10.7 Å². The van der Waals surface area contributed by atoms with Crippen LogP contribution in [0, 0.1) is 6.92 Å². The van der Waals surface area contributed by atoms with Crippen molar-refractivity contribution in [3.8, 4) is 11.6 Å². The minimum Gasteiger partial charge on any atom is -0.461 e. The third kappa shape index (κ3) is 3.18. The number of rotatable bonds is 3. The lowest BCUT2D eigenvalue weighted by atomic mass is 10.2. The maximum atomic E-state index is 12.5. The number of aryl methyl sites for hydroxylation is 1. The highest BCUT2D eigenvalue weighted by Crippen LogP contribution is 2.37. The molecule has 9 heteroatoms. The molecule has 138 valence electrons. The number of para-hydroxylation sites is 2. The van der Waals surface area contributed by atoms with E-state index in [0.717, 1.165) is 16.7 Å². The second kappa shape index (κ2) is 6.41. The Labute approximate surface area is 156 Å². The fourth-order valence-corrected chi connectivity index (χ4v) is 3.49. The number of ether oxygens (including phenoxy) is 1. The summed E-state index contributed by atoms with van der Waals surface area (Å²) in [5, 5.41) is 4.59. The number of benzene rings is 2. The number of hydrogen-bond donors (Lipinski definition) is 0. The van der Waals surface area contributed by atoms with E-state index in [1.807, 2.05) is 31.2 Å². The van der Waals surface area contributed by atoms with Crippen LogP contribution < -0.4 is 9.25 Å². The van der Waals surface area contributed by atoms with Gasteiger partial charge in [-0.15, -0.1) is 0 Å². The Hall–Kier alpha value is -2.81. The molecule has 0 amide bonds. The Morgan fingerprint density at radius 1 is 1.07 bits per heavy atom. The maximum Gasteiger partial charge on any atom is 0.446 e. The van der Waals surface area contributed by atoms with E-state index in [9.17, 15) is 13.2 Å². The van der Waals surface area contributed by atoms with Crippen molar-refractivity contribution in [3.05, 3.63) is 54.2 Å². The van der Waals surface area contributed by atoms with E-state index < -0.39 is 5.51 Å². The standard InChI is InChI=1S/C18H14F3N4OS/c1-11-16-17(26-2)24(12-7-9-13(10-8-12)27-18(19,20)21)23-25(16)15-6-4-3-5-14(15)22-11/h3-10H,1-2H3/q+1. The average molecular weight is 391 g/mol. The van der Waals surface area contributed by atoms with Crippen molar-refractivity contribution in [2.45, 2.75) is 17.3 Å². The van der Waals surface area contributed by atoms with Crippen LogP contribution >= 0.6 is 11.8 Å². The van der Waals surface area contributed by atoms with Gasteiger partial charge in [-0.05, 0) is 55.1 Å². The van der Waals surface area contributed by atoms with Crippen LogP contribution in [0.25, 0.3) is 22.2 Å². The SMILES string of the molecule is COc1c2c(C)nc3ccccc3[n+]2nn1-c1ccc(SC(F)(F)F)cc1. The molecule has 0 N–H and O–H groups in total. The molecule has 2 aromatic carbocycles. The van der Waals surface area contributed by atoms with E-state index in [-0.39, 0.29) is 16.7 Å². The first kappa shape index (κ1) is 17.6. The molecule has 4 aromatic rings. The normalized spacial score (nSPS) is 12.0. The number of fused-ring (bicyclic) bond motifs is 3. The van der Waals surface area contributed by atoms with Gasteiger partial charge in [-0.3, -0.25) is 0 Å². The lowest BCUT2D eigenvalue weighted by molar-refractivity contribution is -0.556. The summed E-state index contributed by atoms with van der Waals surface area (Å²) in [6.45, 7) is 1.86. The zero-order valence-corrected chi connectivity index (χ0v) is 15.2. The van der Waals surface area contributed by atoms with Crippen LogP contribution in [-0.2, 0) is 0 Å². The van der Waals surface area contributed by atoms with Crippen LogP contribution in [-0.4, -0.2) is 27.5 Å². The van der Waals surface area contributed by atoms with Crippen molar-refractivity contribution < 1.29 is 22.4 Å². The maximum absolute atomic E-state index is 12.5. The first-order valence-electron chi connectivity index (χ1n) is 7.98. The molecule has 0 unspecified atom stereocenters. The van der Waals surface area contributed by atoms with Gasteiger partial charge >= 0.3 is 11.4 Å². The van der Waals surface area contributed by atoms with E-state index >= 15 is 0 Å². The molecule has 5 nitrogen and oxygen atoms in total. The summed E-state index contributed by atoms with van der Waals surface area (Å²) in [4.78, 5) is 4.70. The summed E-state index contributed by atoms with van der Waals surface area (Å²) in [5.74, 6) is 0.460. The number of halogens is 3. The largest absolute Gasteiger partial charge is 0.461 e. The van der Waals surface area contributed by atoms with Crippen molar-refractivity contribution in [3.63, 3.8) is 0 Å². The second-order valence-corrected chi connectivity index (χ2v) is 6.94. The molecule has 0 bridgehead atoms. The van der Waals surface area contributed by atoms with Gasteiger partial charge < -0.3 is 4.74 Å². The molecule has 0 atom stereocenters. The highest BCUT2D eigenvalue weighted by atomic mass is 32.2. The Morgan fingerprint density at radius 3 is 2.44 bits per heavy atom. The topological polar surface area (TPSA) is 44.0 Å². The van der Waals surface area contributed by atoms with E-state index in [0.29, 0.717) is 17.1 Å². The Kier molecular flexibility index (Phi) is 4.18. The summed E-state index contributed by atoms with van der Waals surface area (Å²) < 4.78 is 46.4. The van der Waals surface area contributed by atoms with Gasteiger partial charge in [-0.25, -0.2) is 4.98 Å². The van der Waals surface area contributed by atoms with E-state index in [2.05, 4.69) is 10.2 Å². The molecule has 0 aliphatic heterocycles. The minimum atomic E-state index is -4.32. The minimum absolute atomic E-state index is 0.109. The van der Waals surface area contributed by atoms with Crippen molar-refractivity contribution in [2.75, 3.05) is 7.11 Å². The lowest BCUT2D eigenvalue weighted by Crippen LogP contribution is -2.27. The molecule has 0 aliphatic rings. The van der Waals surface area contributed by atoms with Crippen LogP contribution in [0.2, 0.25) is 0 Å². The quantitative estimate of drug-likeness (QED) is 0.390. The number of alkyl halides is 3. The number of thioether (sulfide) groups is 1. The highest BCUT2D eigenvalue weighted by Gasteiger charge is 2.30. The molecule has 0 spiro atoms. The Bertz CT molecular complexity index is 1140. The number of nitrogens with zero attached hydrogens (tertiary/aromatic N) is 4. The zero-order valence-electron chi connectivity index (χ0n) is 14.4. The average Bonchev–Trinajstić information content (AvgIpc) is 3.01. The van der Waals surface area contributed by atoms with Gasteiger partial charge in [0.2, 0.25) is 0 Å². The number of methoxy groups -OCH3 is 1. The summed E-state index contributed by atoms with van der Waals surface area (Å²) in [6.07, 6.45) is 0. The molecule has 0 aliphatic carbocycles. The second-order valence-electron chi connectivity index (χ2n) is 5.80. The summed E-state index contributed by atoms with van der Waals surface area (Å²) >= 11 is -0.152. The van der Waals surface area contributed by atoms with Crippen LogP contribution in [0.3, 0.4) is 0 Å². The van der Waals surface area contributed by atoms with Crippen LogP contribution in [0.1, 0.15) is 5.69 Å². The summed E-state index contributed by atoms with van der Waals surface area (Å²) in [7, 11) is 1.52. The molecule has 2 aromatic heterocycles. The van der Waals surface area contributed by atoms with Crippen LogP contribution in [0.4, 0.5) is 13.2 Å². The molecule has 0 saturated heterocycles. The van der Waals surface area contributed by atoms with E-state index in [4.69, 9.17) is 4.74 Å². The van der Waals surface area contributed by atoms with Crippen LogP contribution in [0.5, 0.6) is 5.88 Å². The number of aromatic nitrogens is 4. The van der Waals surface area contributed by atoms with Crippen LogP contribution in [0.15, 0.2) is 53.4 Å². The van der Waals surface area contributed by atoms with Crippen molar-refractivity contribution in [1.82, 2.24) is 14.9 Å². The van der Waals surface area contributed by atoms with E-state index in [1.165, 1.54) is 19.2 Å². The summed E-state index contributed by atoms with van der Waals surface area (Å²) in [6, 6.07) is 13.5. The molecular formula is C18H14F3N4OS+. The fraction of sp³-hybridized carbons (Fsp3) is 0.167. The van der Waals surface area contributed by atoms with E-state index in [1.54, 1.807) is 21.3 Å². The predicted octanol–water partition coefficient (Wildman–Crippen LogP) is 4.09. The fourth-order valence-electron chi connectivity index (χ4n) is 2.95. The molecule has 27 heavy (non-hydrogen) atoms. The number of hydrogen-bond acceptors (Lipinski definition) is 4. The first-order valence-corrected chi connectivity index (χ1v) is 8.79. The van der Waals surface area contributed by atoms with Crippen molar-refractivity contribution >= 4 is 28.3 Å². The summed E-state index contributed by atoms with van der Waals surface area (Å²) in [5.41, 5.74) is -0.704. The van der Waals surface area contributed by atoms with Crippen molar-refractivity contribution in [2.24, 2.45) is 0 Å². The molecule has 0 fully saturated rings. The smallest absolute Gasteiger partial charge is 0.446 e. The third-order valence-electron chi connectivity index (χ3n) is 4.03. The van der Waals surface area contributed by atoms with Gasteiger partial charge in [-0.1, -0.05) is 21.3 Å². The third-order valence-corrected chi connectivity index (χ3v) is 4.77. The molecular weight excluding hydrogens is 377 g/mol. The van der Waals surface area contributed by atoms with Crippen molar-refractivity contribution in [1.29, 1.82) is 0 Å². The molecule has 2 heterocycles. The van der Waals surface area contributed by atoms with Gasteiger partial charge in [-0.2, -0.15) is 13.2 Å². The van der Waals surface area contributed by atoms with Gasteiger partial charge in [0.25, 0.3) is 5.52 Å². The lowest BCUT2D eigenvalue weighted by Gasteiger charge is -2.05. The van der Waals surface area contributed by atoms with Gasteiger partial charge in [0.15, 0.2) is 11.2 Å². The zero-order chi connectivity index (χ0) is 19.2.